The predicted molar refractivity (Wildman–Crippen MR) is 53.1 cm³/mol. The van der Waals surface area contributed by atoms with Crippen molar-refractivity contribution in [3.63, 3.8) is 0 Å². The minimum absolute atomic E-state index is 0.0353. The molecule has 68 valence electrons. The molecule has 1 aromatic heterocycles. The van der Waals surface area contributed by atoms with Crippen molar-refractivity contribution in [2.75, 3.05) is 0 Å². The van der Waals surface area contributed by atoms with Gasteiger partial charge in [0.1, 0.15) is 0 Å². The van der Waals surface area contributed by atoms with Crippen LogP contribution in [0.1, 0.15) is 0 Å². The van der Waals surface area contributed by atoms with Gasteiger partial charge >= 0.3 is 80.7 Å². The van der Waals surface area contributed by atoms with Gasteiger partial charge in [-0.05, 0) is 0 Å². The number of benzene rings is 1. The molecule has 0 unspecified atom stereocenters. The van der Waals surface area contributed by atoms with Crippen LogP contribution in [-0.2, 0) is 0 Å². The summed E-state index contributed by atoms with van der Waals surface area (Å²) in [4.78, 5) is 0. The van der Waals surface area contributed by atoms with Crippen LogP contribution in [0.25, 0.3) is 11.0 Å². The van der Waals surface area contributed by atoms with E-state index in [0.29, 0.717) is 5.46 Å². The van der Waals surface area contributed by atoms with Gasteiger partial charge < -0.3 is 0 Å². The number of hydrogen-bond donors (Lipinski definition) is 0. The maximum absolute atomic E-state index is 13.3. The van der Waals surface area contributed by atoms with Crippen molar-refractivity contribution in [1.29, 1.82) is 0 Å². The molecule has 2 aromatic rings. The molecule has 0 nitrogen and oxygen atoms in total. The molecular formula is C11H7BF2. The van der Waals surface area contributed by atoms with Crippen molar-refractivity contribution >= 4 is 6.91 Å². The molecule has 1 aromatic carbocycles. The first kappa shape index (κ1) is 9.07. The Morgan fingerprint density at radius 2 is 1.57 bits per heavy atom. The molecule has 0 aliphatic carbocycles. The molecule has 1 heterocycles. The fourth-order valence-electron chi connectivity index (χ4n) is 1.38. The molecule has 0 aliphatic rings. The fraction of sp³-hybridized carbons (Fsp3) is 0. The first-order valence-electron chi connectivity index (χ1n) is 4.28. The van der Waals surface area contributed by atoms with Crippen LogP contribution in [0.4, 0.5) is 8.78 Å². The molecule has 2 rings (SSSR count). The van der Waals surface area contributed by atoms with Gasteiger partial charge in [-0.15, -0.1) is 0 Å². The second-order valence-corrected chi connectivity index (χ2v) is 2.96. The molecular weight excluding hydrogens is 181 g/mol. The third kappa shape index (κ3) is 1.58. The summed E-state index contributed by atoms with van der Waals surface area (Å²) < 4.78 is 26.6. The first-order valence-corrected chi connectivity index (χ1v) is 4.28. The second kappa shape index (κ2) is 3.70. The van der Waals surface area contributed by atoms with Crippen molar-refractivity contribution in [3.8, 4) is 11.0 Å². The van der Waals surface area contributed by atoms with Gasteiger partial charge in [0.15, 0.2) is 0 Å². The predicted octanol–water partition coefficient (Wildman–Crippen LogP) is 2.97. The summed E-state index contributed by atoms with van der Waals surface area (Å²) in [6, 6.07) is 9.11. The van der Waals surface area contributed by atoms with Crippen LogP contribution >= 0.6 is 0 Å². The Bertz CT molecular complexity index is 420. The third-order valence-electron chi connectivity index (χ3n) is 2.03. The van der Waals surface area contributed by atoms with E-state index in [0.717, 1.165) is 0 Å². The summed E-state index contributed by atoms with van der Waals surface area (Å²) in [5.74, 6) is 0.689. The van der Waals surface area contributed by atoms with Crippen molar-refractivity contribution < 1.29 is 8.78 Å². The van der Waals surface area contributed by atoms with Gasteiger partial charge in [-0.25, -0.2) is 0 Å². The summed E-state index contributed by atoms with van der Waals surface area (Å²) in [5, 5.41) is 0. The Kier molecular flexibility index (Phi) is 2.40. The minimum atomic E-state index is -0.531. The normalized spacial score (nSPS) is 9.86. The van der Waals surface area contributed by atoms with E-state index in [-0.39, 0.29) is 5.56 Å². The molecule has 0 atom stereocenters. The monoisotopic (exact) mass is 188 g/mol. The van der Waals surface area contributed by atoms with E-state index in [1.165, 1.54) is 18.2 Å². The Hall–Kier alpha value is -1.51. The van der Waals surface area contributed by atoms with Crippen LogP contribution in [-0.4, -0.2) is 6.91 Å². The Morgan fingerprint density at radius 3 is 2.14 bits per heavy atom. The van der Waals surface area contributed by atoms with Crippen LogP contribution in [0.15, 0.2) is 42.4 Å². The molecule has 14 heavy (non-hydrogen) atoms. The van der Waals surface area contributed by atoms with Gasteiger partial charge in [-0.3, -0.25) is 0 Å². The molecule has 3 heteroatoms. The van der Waals surface area contributed by atoms with E-state index < -0.39 is 11.6 Å². The molecule has 0 saturated heterocycles. The average Bonchev–Trinajstić information content (AvgIpc) is 2.19. The van der Waals surface area contributed by atoms with Crippen molar-refractivity contribution in [2.45, 2.75) is 0 Å². The summed E-state index contributed by atoms with van der Waals surface area (Å²) >= 11 is 0. The third-order valence-corrected chi connectivity index (χ3v) is 2.03. The van der Waals surface area contributed by atoms with Crippen molar-refractivity contribution in [3.05, 3.63) is 54.0 Å². The van der Waals surface area contributed by atoms with Gasteiger partial charge in [-0.2, -0.15) is 0 Å². The number of rotatable bonds is 1. The van der Waals surface area contributed by atoms with E-state index in [1.54, 1.807) is 25.0 Å². The molecule has 0 fully saturated rings. The van der Waals surface area contributed by atoms with Crippen LogP contribution < -0.4 is 0 Å². The number of halogens is 2. The first-order chi connectivity index (χ1) is 6.79. The van der Waals surface area contributed by atoms with Crippen LogP contribution in [0.3, 0.4) is 0 Å². The van der Waals surface area contributed by atoms with E-state index in [2.05, 4.69) is 0 Å². The zero-order valence-electron chi connectivity index (χ0n) is 7.37. The molecule has 0 bridgehead atoms. The molecule has 0 N–H and O–H groups in total. The van der Waals surface area contributed by atoms with Gasteiger partial charge in [0.05, 0.1) is 0 Å². The summed E-state index contributed by atoms with van der Waals surface area (Å²) in [7, 11) is 0. The molecule has 0 amide bonds. The summed E-state index contributed by atoms with van der Waals surface area (Å²) in [6.45, 7) is 1.68. The van der Waals surface area contributed by atoms with Gasteiger partial charge in [0.2, 0.25) is 0 Å². The molecule has 0 saturated carbocycles. The second-order valence-electron chi connectivity index (χ2n) is 2.96. The average molecular weight is 188 g/mol. The zero-order chi connectivity index (χ0) is 9.97. The van der Waals surface area contributed by atoms with Gasteiger partial charge in [0.25, 0.3) is 0 Å². The van der Waals surface area contributed by atoms with Gasteiger partial charge in [0, 0.05) is 0 Å². The topological polar surface area (TPSA) is 0 Å². The fourth-order valence-corrected chi connectivity index (χ4v) is 1.38. The number of hydrogen-bond acceptors (Lipinski definition) is 0. The molecule has 0 spiro atoms. The Labute approximate surface area is 81.4 Å². The van der Waals surface area contributed by atoms with Crippen LogP contribution in [0.2, 0.25) is 0 Å². The van der Waals surface area contributed by atoms with Crippen molar-refractivity contribution in [2.24, 2.45) is 0 Å². The SMILES string of the molecule is Fc1cccc(F)c1-c1bcccc1. The summed E-state index contributed by atoms with van der Waals surface area (Å²) in [5.41, 5.74) is 0.594. The van der Waals surface area contributed by atoms with E-state index in [9.17, 15) is 8.78 Å². The zero-order valence-corrected chi connectivity index (χ0v) is 7.37. The Balaban J connectivity index is 2.63. The summed E-state index contributed by atoms with van der Waals surface area (Å²) in [6.07, 6.45) is 0. The van der Waals surface area contributed by atoms with Crippen LogP contribution in [0, 0.1) is 11.6 Å². The van der Waals surface area contributed by atoms with E-state index in [4.69, 9.17) is 0 Å². The molecule has 0 radical (unpaired) electrons. The van der Waals surface area contributed by atoms with Gasteiger partial charge in [-0.1, -0.05) is 0 Å². The molecule has 0 aliphatic heterocycles. The van der Waals surface area contributed by atoms with Crippen LogP contribution in [0.5, 0.6) is 0 Å². The maximum atomic E-state index is 13.3. The van der Waals surface area contributed by atoms with E-state index in [1.807, 2.05) is 6.07 Å². The van der Waals surface area contributed by atoms with E-state index >= 15 is 0 Å². The standard InChI is InChI=1S/C11H7BF2/c13-9-5-3-6-10(14)11(9)8-4-1-2-7-12-8/h1-7H. The Morgan fingerprint density at radius 1 is 0.857 bits per heavy atom. The van der Waals surface area contributed by atoms with Crippen molar-refractivity contribution in [1.82, 2.24) is 0 Å². The quantitative estimate of drug-likeness (QED) is 0.645.